The van der Waals surface area contributed by atoms with Gasteiger partial charge in [0.2, 0.25) is 5.91 Å². The van der Waals surface area contributed by atoms with E-state index in [0.717, 1.165) is 12.8 Å². The Morgan fingerprint density at radius 1 is 0.543 bits per heavy atom. The average Bonchev–Trinajstić information content (AvgIpc) is 2.82. The van der Waals surface area contributed by atoms with E-state index in [-0.39, 0.29) is 11.8 Å². The number of hydrogen-bond acceptors (Lipinski definition) is 2. The second-order valence-corrected chi connectivity index (χ2v) is 11.2. The molecule has 0 heterocycles. The summed E-state index contributed by atoms with van der Waals surface area (Å²) in [6.45, 7) is 5.92. The molecule has 0 rings (SSSR count). The van der Waals surface area contributed by atoms with Gasteiger partial charge in [-0.25, -0.2) is 4.79 Å². The molecule has 0 bridgehead atoms. The lowest BCUT2D eigenvalue weighted by Crippen LogP contribution is -2.44. The summed E-state index contributed by atoms with van der Waals surface area (Å²) in [6.07, 6.45) is 31.7. The van der Waals surface area contributed by atoms with Crippen molar-refractivity contribution in [3.63, 3.8) is 0 Å². The summed E-state index contributed by atoms with van der Waals surface area (Å²) in [4.78, 5) is 23.0. The maximum Gasteiger partial charge on any atom is 0.326 e. The van der Waals surface area contributed by atoms with Crippen molar-refractivity contribution in [1.29, 1.82) is 0 Å². The lowest BCUT2D eigenvalue weighted by molar-refractivity contribution is -0.143. The number of carboxylic acids is 1. The second kappa shape index (κ2) is 26.0. The number of hydrogen-bond donors (Lipinski definition) is 2. The van der Waals surface area contributed by atoms with E-state index >= 15 is 0 Å². The van der Waals surface area contributed by atoms with Crippen molar-refractivity contribution < 1.29 is 14.7 Å². The molecule has 0 aromatic rings. The van der Waals surface area contributed by atoms with Crippen LogP contribution in [-0.2, 0) is 9.59 Å². The Kier molecular flexibility index (Phi) is 25.2. The average molecular weight is 496 g/mol. The van der Waals surface area contributed by atoms with Gasteiger partial charge in [0.15, 0.2) is 0 Å². The third kappa shape index (κ3) is 24.4. The molecule has 4 heteroatoms. The topological polar surface area (TPSA) is 66.4 Å². The molecule has 0 aliphatic heterocycles. The second-order valence-electron chi connectivity index (χ2n) is 11.2. The molecule has 0 saturated heterocycles. The Morgan fingerprint density at radius 3 is 1.09 bits per heavy atom. The molecule has 0 aromatic carbocycles. The zero-order valence-corrected chi connectivity index (χ0v) is 23.9. The molecule has 0 aliphatic rings. The quantitative estimate of drug-likeness (QED) is 0.111. The molecule has 2 N–H and O–H groups in total. The lowest BCUT2D eigenvalue weighted by Gasteiger charge is -2.17. The maximum atomic E-state index is 11.9. The minimum atomic E-state index is -0.947. The van der Waals surface area contributed by atoms with Gasteiger partial charge in [0, 0.05) is 6.42 Å². The molecule has 0 fully saturated rings. The highest BCUT2D eigenvalue weighted by molar-refractivity contribution is 5.83. The third-order valence-corrected chi connectivity index (χ3v) is 7.26. The van der Waals surface area contributed by atoms with E-state index in [9.17, 15) is 9.59 Å². The van der Waals surface area contributed by atoms with Crippen LogP contribution in [0.15, 0.2) is 0 Å². The zero-order chi connectivity index (χ0) is 26.0. The Bertz CT molecular complexity index is 478. The summed E-state index contributed by atoms with van der Waals surface area (Å²) in [6, 6.07) is -0.771. The number of unbranched alkanes of at least 4 members (excludes halogenated alkanes) is 22. The molecule has 1 amide bonds. The highest BCUT2D eigenvalue weighted by Crippen LogP contribution is 2.15. The van der Waals surface area contributed by atoms with Gasteiger partial charge in [-0.1, -0.05) is 162 Å². The summed E-state index contributed by atoms with van der Waals surface area (Å²) in [5, 5.41) is 11.8. The lowest BCUT2D eigenvalue weighted by atomic mass is 10.0. The monoisotopic (exact) mass is 495 g/mol. The van der Waals surface area contributed by atoms with Crippen molar-refractivity contribution in [2.45, 2.75) is 181 Å². The first-order valence-corrected chi connectivity index (χ1v) is 15.5. The predicted molar refractivity (Wildman–Crippen MR) is 151 cm³/mol. The van der Waals surface area contributed by atoms with Crippen molar-refractivity contribution in [3.05, 3.63) is 0 Å². The van der Waals surface area contributed by atoms with Crippen molar-refractivity contribution in [2.75, 3.05) is 0 Å². The Labute approximate surface area is 218 Å². The van der Waals surface area contributed by atoms with Crippen LogP contribution >= 0.6 is 0 Å². The largest absolute Gasteiger partial charge is 0.480 e. The zero-order valence-electron chi connectivity index (χ0n) is 23.9. The Hall–Kier alpha value is -1.06. The van der Waals surface area contributed by atoms with Crippen LogP contribution in [0.4, 0.5) is 0 Å². The van der Waals surface area contributed by atoms with Gasteiger partial charge in [0.05, 0.1) is 0 Å². The van der Waals surface area contributed by atoms with Gasteiger partial charge in [-0.05, 0) is 12.3 Å². The number of carboxylic acid groups (broad SMARTS) is 1. The summed E-state index contributed by atoms with van der Waals surface area (Å²) in [5.74, 6) is -1.17. The van der Waals surface area contributed by atoms with Gasteiger partial charge in [-0.15, -0.1) is 0 Å². The molecular formula is C31H61NO3. The summed E-state index contributed by atoms with van der Waals surface area (Å²) in [5.41, 5.74) is 0. The fraction of sp³-hybridized carbons (Fsp3) is 0.935. The molecule has 0 radical (unpaired) electrons. The van der Waals surface area contributed by atoms with E-state index in [1.54, 1.807) is 0 Å². The molecule has 0 spiro atoms. The van der Waals surface area contributed by atoms with Crippen LogP contribution in [-0.4, -0.2) is 23.0 Å². The number of rotatable bonds is 27. The normalized spacial score (nSPS) is 12.2. The van der Waals surface area contributed by atoms with Gasteiger partial charge in [0.25, 0.3) is 0 Å². The molecule has 35 heavy (non-hydrogen) atoms. The van der Waals surface area contributed by atoms with E-state index in [4.69, 9.17) is 5.11 Å². The molecular weight excluding hydrogens is 434 g/mol. The number of aliphatic carboxylic acids is 1. The van der Waals surface area contributed by atoms with E-state index in [0.29, 0.717) is 6.42 Å². The van der Waals surface area contributed by atoms with E-state index < -0.39 is 12.0 Å². The fourth-order valence-corrected chi connectivity index (χ4v) is 4.83. The van der Waals surface area contributed by atoms with Gasteiger partial charge in [0.1, 0.15) is 6.04 Å². The van der Waals surface area contributed by atoms with Crippen LogP contribution in [0.2, 0.25) is 0 Å². The summed E-state index contributed by atoms with van der Waals surface area (Å²) >= 11 is 0. The van der Waals surface area contributed by atoms with Gasteiger partial charge >= 0.3 is 5.97 Å². The van der Waals surface area contributed by atoms with E-state index in [1.165, 1.54) is 135 Å². The molecule has 208 valence electrons. The van der Waals surface area contributed by atoms with Crippen molar-refractivity contribution in [2.24, 2.45) is 5.92 Å². The van der Waals surface area contributed by atoms with Gasteiger partial charge in [-0.2, -0.15) is 0 Å². The summed E-state index contributed by atoms with van der Waals surface area (Å²) < 4.78 is 0. The van der Waals surface area contributed by atoms with Crippen molar-refractivity contribution in [3.8, 4) is 0 Å². The Morgan fingerprint density at radius 2 is 0.829 bits per heavy atom. The molecule has 1 atom stereocenters. The van der Waals surface area contributed by atoms with E-state index in [2.05, 4.69) is 12.2 Å². The first kappa shape index (κ1) is 33.9. The van der Waals surface area contributed by atoms with Gasteiger partial charge in [-0.3, -0.25) is 4.79 Å². The number of nitrogens with one attached hydrogen (secondary N) is 1. The van der Waals surface area contributed by atoms with Crippen molar-refractivity contribution in [1.82, 2.24) is 5.32 Å². The highest BCUT2D eigenvalue weighted by atomic mass is 16.4. The smallest absolute Gasteiger partial charge is 0.326 e. The van der Waals surface area contributed by atoms with Crippen LogP contribution in [0.1, 0.15) is 175 Å². The van der Waals surface area contributed by atoms with Crippen LogP contribution in [0.25, 0.3) is 0 Å². The third-order valence-electron chi connectivity index (χ3n) is 7.26. The summed E-state index contributed by atoms with van der Waals surface area (Å²) in [7, 11) is 0. The maximum absolute atomic E-state index is 11.9. The molecule has 4 nitrogen and oxygen atoms in total. The highest BCUT2D eigenvalue weighted by Gasteiger charge is 2.22. The minimum absolute atomic E-state index is 0.0918. The predicted octanol–water partition coefficient (Wildman–Crippen LogP) is 9.59. The molecule has 0 aromatic heterocycles. The van der Waals surface area contributed by atoms with E-state index in [1.807, 2.05) is 13.8 Å². The molecule has 0 aliphatic carbocycles. The number of carbonyl (C=O) groups excluding carboxylic acids is 1. The SMILES string of the molecule is CCCCCCCCCCCCCCCCCCCCCCCCCC(=O)N[C@H](C(=O)O)C(C)C. The van der Waals surface area contributed by atoms with Crippen molar-refractivity contribution >= 4 is 11.9 Å². The van der Waals surface area contributed by atoms with Crippen LogP contribution in [0.5, 0.6) is 0 Å². The van der Waals surface area contributed by atoms with Crippen LogP contribution in [0.3, 0.4) is 0 Å². The minimum Gasteiger partial charge on any atom is -0.480 e. The van der Waals surface area contributed by atoms with Gasteiger partial charge < -0.3 is 10.4 Å². The molecule has 0 saturated carbocycles. The Balaban J connectivity index is 3.23. The van der Waals surface area contributed by atoms with Crippen LogP contribution < -0.4 is 5.32 Å². The first-order chi connectivity index (χ1) is 17.0. The first-order valence-electron chi connectivity index (χ1n) is 15.5. The number of carbonyl (C=O) groups is 2. The fourth-order valence-electron chi connectivity index (χ4n) is 4.83. The molecule has 0 unspecified atom stereocenters. The standard InChI is InChI=1S/C31H61NO3/c1-4-5-6-7-8-9-10-11-12-13-14-15-16-17-18-19-20-21-22-23-24-25-26-27-29(33)32-30(28(2)3)31(34)35/h28,30H,4-27H2,1-3H3,(H,32,33)(H,34,35)/t30-/m0/s1. The number of amides is 1. The van der Waals surface area contributed by atoms with Crippen LogP contribution in [0, 0.1) is 5.92 Å².